The Balaban J connectivity index is 2.13. The molecule has 1 heterocycles. The highest BCUT2D eigenvalue weighted by Gasteiger charge is 2.25. The van der Waals surface area contributed by atoms with E-state index in [1.54, 1.807) is 18.2 Å². The molecule has 0 saturated carbocycles. The van der Waals surface area contributed by atoms with E-state index in [2.05, 4.69) is 9.55 Å². The molecule has 1 aromatic heterocycles. The lowest BCUT2D eigenvalue weighted by Crippen LogP contribution is -2.25. The fourth-order valence-corrected chi connectivity index (χ4v) is 2.01. The van der Waals surface area contributed by atoms with Crippen molar-refractivity contribution in [3.05, 3.63) is 41.0 Å². The summed E-state index contributed by atoms with van der Waals surface area (Å²) in [6.07, 6.45) is 1.46. The Morgan fingerprint density at radius 1 is 1.30 bits per heavy atom. The zero-order valence-electron chi connectivity index (χ0n) is 11.5. The van der Waals surface area contributed by atoms with Gasteiger partial charge in [0.1, 0.15) is 28.0 Å². The van der Waals surface area contributed by atoms with Crippen LogP contribution in [0.4, 0.5) is 0 Å². The lowest BCUT2D eigenvalue weighted by Gasteiger charge is -2.17. The molecular formula is C14H15ClN2O2S. The van der Waals surface area contributed by atoms with Crippen LogP contribution < -0.4 is 0 Å². The van der Waals surface area contributed by atoms with Crippen LogP contribution in [0.25, 0.3) is 11.3 Å². The predicted octanol–water partition coefficient (Wildman–Crippen LogP) is 3.88. The molecule has 106 valence electrons. The summed E-state index contributed by atoms with van der Waals surface area (Å²) in [6, 6.07) is 8.99. The fraction of sp³-hybridized carbons (Fsp3) is 0.286. The summed E-state index contributed by atoms with van der Waals surface area (Å²) in [5, 5.41) is 4.54. The van der Waals surface area contributed by atoms with Crippen LogP contribution in [0.1, 0.15) is 26.5 Å². The van der Waals surface area contributed by atoms with E-state index in [1.807, 2.05) is 32.9 Å². The van der Waals surface area contributed by atoms with Gasteiger partial charge in [0, 0.05) is 16.7 Å². The van der Waals surface area contributed by atoms with Crippen molar-refractivity contribution in [3.8, 4) is 11.3 Å². The van der Waals surface area contributed by atoms with Crippen molar-refractivity contribution in [2.24, 2.45) is 4.40 Å². The standard InChI is InChI=1S/C14H15ClN2O2S/c1-14(2,3)20(18)16-9-12-8-13(19-17-12)10-4-6-11(15)7-5-10/h4-9H,1-3H3/b16-9+/t20-/m1/s1. The van der Waals surface area contributed by atoms with E-state index in [1.165, 1.54) is 6.21 Å². The summed E-state index contributed by atoms with van der Waals surface area (Å²) in [5.74, 6) is 0.615. The van der Waals surface area contributed by atoms with Crippen LogP contribution in [0.15, 0.2) is 39.3 Å². The molecule has 0 aliphatic carbocycles. The first-order chi connectivity index (χ1) is 9.36. The van der Waals surface area contributed by atoms with Gasteiger partial charge < -0.3 is 9.08 Å². The van der Waals surface area contributed by atoms with E-state index in [4.69, 9.17) is 16.1 Å². The molecule has 20 heavy (non-hydrogen) atoms. The summed E-state index contributed by atoms with van der Waals surface area (Å²) in [4.78, 5) is 0. The summed E-state index contributed by atoms with van der Waals surface area (Å²) in [7, 11) is 0. The van der Waals surface area contributed by atoms with Crippen LogP contribution in [0.2, 0.25) is 5.02 Å². The molecule has 2 rings (SSSR count). The van der Waals surface area contributed by atoms with Crippen LogP contribution in [0.3, 0.4) is 0 Å². The molecule has 0 aliphatic rings. The van der Waals surface area contributed by atoms with Gasteiger partial charge in [0.25, 0.3) is 0 Å². The SMILES string of the molecule is CC(C)(C)[S@@+]([O-])/N=C/c1cc(-c2ccc(Cl)cc2)on1. The van der Waals surface area contributed by atoms with Crippen LogP contribution in [0.5, 0.6) is 0 Å². The van der Waals surface area contributed by atoms with E-state index in [9.17, 15) is 4.55 Å². The van der Waals surface area contributed by atoms with Crippen molar-refractivity contribution in [2.45, 2.75) is 25.5 Å². The van der Waals surface area contributed by atoms with Gasteiger partial charge in [-0.2, -0.15) is 0 Å². The van der Waals surface area contributed by atoms with Crippen molar-refractivity contribution < 1.29 is 9.08 Å². The Kier molecular flexibility index (Phi) is 4.52. The fourth-order valence-electron chi connectivity index (χ4n) is 1.36. The molecular weight excluding hydrogens is 296 g/mol. The van der Waals surface area contributed by atoms with Gasteiger partial charge in [-0.1, -0.05) is 21.2 Å². The van der Waals surface area contributed by atoms with Gasteiger partial charge in [-0.3, -0.25) is 0 Å². The van der Waals surface area contributed by atoms with Crippen LogP contribution in [0, 0.1) is 0 Å². The van der Waals surface area contributed by atoms with E-state index in [-0.39, 0.29) is 4.75 Å². The summed E-state index contributed by atoms with van der Waals surface area (Å²) >= 11 is 4.52. The van der Waals surface area contributed by atoms with Crippen molar-refractivity contribution in [1.82, 2.24) is 5.16 Å². The average molecular weight is 311 g/mol. The Morgan fingerprint density at radius 3 is 2.55 bits per heavy atom. The molecule has 0 amide bonds. The maximum absolute atomic E-state index is 11.8. The second-order valence-corrected chi connectivity index (χ2v) is 7.59. The number of hydrogen-bond acceptors (Lipinski definition) is 4. The van der Waals surface area contributed by atoms with Gasteiger partial charge in [-0.25, -0.2) is 0 Å². The van der Waals surface area contributed by atoms with Crippen LogP contribution in [-0.2, 0) is 11.4 Å². The summed E-state index contributed by atoms with van der Waals surface area (Å²) in [6.45, 7) is 5.59. The maximum atomic E-state index is 11.8. The Labute approximate surface area is 126 Å². The van der Waals surface area contributed by atoms with E-state index in [0.29, 0.717) is 16.5 Å². The second-order valence-electron chi connectivity index (χ2n) is 5.22. The van der Waals surface area contributed by atoms with E-state index in [0.717, 1.165) is 5.56 Å². The maximum Gasteiger partial charge on any atom is 0.167 e. The van der Waals surface area contributed by atoms with E-state index < -0.39 is 11.4 Å². The molecule has 0 bridgehead atoms. The highest BCUT2D eigenvalue weighted by atomic mass is 35.5. The quantitative estimate of drug-likeness (QED) is 0.638. The summed E-state index contributed by atoms with van der Waals surface area (Å²) in [5.41, 5.74) is 1.41. The first-order valence-electron chi connectivity index (χ1n) is 6.05. The first kappa shape index (κ1) is 15.1. The molecule has 4 nitrogen and oxygen atoms in total. The number of nitrogens with zero attached hydrogens (tertiary/aromatic N) is 2. The topological polar surface area (TPSA) is 61.5 Å². The Morgan fingerprint density at radius 2 is 1.95 bits per heavy atom. The molecule has 0 aliphatic heterocycles. The smallest absolute Gasteiger partial charge is 0.167 e. The zero-order chi connectivity index (χ0) is 14.8. The number of hydrogen-bond donors (Lipinski definition) is 0. The number of benzene rings is 1. The molecule has 0 fully saturated rings. The minimum Gasteiger partial charge on any atom is -0.591 e. The Hall–Kier alpha value is -1.30. The van der Waals surface area contributed by atoms with Gasteiger partial charge in [-0.05, 0) is 45.0 Å². The van der Waals surface area contributed by atoms with Gasteiger partial charge in [-0.15, -0.1) is 0 Å². The number of halogens is 1. The third kappa shape index (κ3) is 3.85. The monoisotopic (exact) mass is 310 g/mol. The molecule has 0 saturated heterocycles. The third-order valence-corrected chi connectivity index (χ3v) is 4.06. The van der Waals surface area contributed by atoms with Crippen molar-refractivity contribution in [3.63, 3.8) is 0 Å². The lowest BCUT2D eigenvalue weighted by atomic mass is 10.2. The molecule has 0 spiro atoms. The summed E-state index contributed by atoms with van der Waals surface area (Å²) < 4.78 is 20.6. The molecule has 0 N–H and O–H groups in total. The van der Waals surface area contributed by atoms with Crippen molar-refractivity contribution >= 4 is 29.2 Å². The average Bonchev–Trinajstić information content (AvgIpc) is 2.84. The lowest BCUT2D eigenvalue weighted by molar-refractivity contribution is 0.431. The Bertz CT molecular complexity index is 602. The van der Waals surface area contributed by atoms with Gasteiger partial charge in [0.05, 0.1) is 0 Å². The van der Waals surface area contributed by atoms with Crippen molar-refractivity contribution in [2.75, 3.05) is 0 Å². The molecule has 0 radical (unpaired) electrons. The largest absolute Gasteiger partial charge is 0.591 e. The van der Waals surface area contributed by atoms with Gasteiger partial charge in [0.2, 0.25) is 0 Å². The third-order valence-electron chi connectivity index (χ3n) is 2.46. The molecule has 0 unspecified atom stereocenters. The van der Waals surface area contributed by atoms with Gasteiger partial charge >= 0.3 is 0 Å². The molecule has 2 aromatic rings. The first-order valence-corrected chi connectivity index (χ1v) is 7.53. The van der Waals surface area contributed by atoms with Gasteiger partial charge in [0.15, 0.2) is 5.76 Å². The molecule has 1 atom stereocenters. The van der Waals surface area contributed by atoms with Crippen molar-refractivity contribution in [1.29, 1.82) is 0 Å². The molecule has 1 aromatic carbocycles. The highest BCUT2D eigenvalue weighted by Crippen LogP contribution is 2.22. The number of aromatic nitrogens is 1. The minimum atomic E-state index is -1.31. The zero-order valence-corrected chi connectivity index (χ0v) is 13.0. The van der Waals surface area contributed by atoms with Crippen LogP contribution >= 0.6 is 11.6 Å². The highest BCUT2D eigenvalue weighted by molar-refractivity contribution is 7.91. The second kappa shape index (κ2) is 5.99. The normalized spacial score (nSPS) is 13.8. The predicted molar refractivity (Wildman–Crippen MR) is 82.4 cm³/mol. The number of rotatable bonds is 3. The van der Waals surface area contributed by atoms with E-state index >= 15 is 0 Å². The molecule has 6 heteroatoms. The minimum absolute atomic E-state index is 0.390. The van der Waals surface area contributed by atoms with Crippen LogP contribution in [-0.4, -0.2) is 20.7 Å².